The molecule has 2 amide bonds. The fourth-order valence-corrected chi connectivity index (χ4v) is 4.36. The second kappa shape index (κ2) is 9.63. The highest BCUT2D eigenvalue weighted by atomic mass is 16.5. The molecule has 0 saturated carbocycles. The van der Waals surface area contributed by atoms with E-state index in [9.17, 15) is 9.59 Å². The number of hydrogen-bond acceptors (Lipinski definition) is 6. The van der Waals surface area contributed by atoms with E-state index in [1.54, 1.807) is 37.4 Å². The highest BCUT2D eigenvalue weighted by molar-refractivity contribution is 6.06. The molecule has 0 spiro atoms. The van der Waals surface area contributed by atoms with Gasteiger partial charge in [0.25, 0.3) is 11.8 Å². The van der Waals surface area contributed by atoms with Crippen molar-refractivity contribution in [3.05, 3.63) is 78.0 Å². The van der Waals surface area contributed by atoms with E-state index in [1.807, 2.05) is 36.2 Å². The van der Waals surface area contributed by atoms with E-state index in [0.29, 0.717) is 42.4 Å². The van der Waals surface area contributed by atoms with Crippen LogP contribution in [0.15, 0.2) is 65.3 Å². The summed E-state index contributed by atoms with van der Waals surface area (Å²) in [6, 6.07) is 16.3. The molecule has 2 aromatic carbocycles. The van der Waals surface area contributed by atoms with Crippen molar-refractivity contribution in [3.63, 3.8) is 0 Å². The maximum atomic E-state index is 12.8. The van der Waals surface area contributed by atoms with Gasteiger partial charge in [0.15, 0.2) is 5.76 Å². The lowest BCUT2D eigenvalue weighted by molar-refractivity contribution is 0.0594. The number of aryl methyl sites for hydroxylation is 1. The Bertz CT molecular complexity index is 1350. The average molecular weight is 474 g/mol. The summed E-state index contributed by atoms with van der Waals surface area (Å²) in [6.45, 7) is 3.48. The van der Waals surface area contributed by atoms with Gasteiger partial charge in [-0.05, 0) is 42.5 Å². The van der Waals surface area contributed by atoms with Gasteiger partial charge >= 0.3 is 0 Å². The first-order chi connectivity index (χ1) is 17.0. The Hall–Kier alpha value is -4.11. The summed E-state index contributed by atoms with van der Waals surface area (Å²) in [6.07, 6.45) is 1.52. The predicted molar refractivity (Wildman–Crippen MR) is 132 cm³/mol. The lowest BCUT2D eigenvalue weighted by Gasteiger charge is -2.34. The number of nitrogens with one attached hydrogen (secondary N) is 1. The van der Waals surface area contributed by atoms with Gasteiger partial charge in [-0.25, -0.2) is 4.98 Å². The number of rotatable bonds is 6. The molecule has 0 unspecified atom stereocenters. The number of imidazole rings is 1. The minimum absolute atomic E-state index is 0.0694. The van der Waals surface area contributed by atoms with Crippen molar-refractivity contribution < 1.29 is 18.7 Å². The standard InChI is InChI=1S/C26H27N5O4/c1-29-21-10-9-18(27-25(32)19-6-3-4-7-22(19)34-2)16-20(21)28-24(29)17-30-11-13-31(14-12-30)26(33)23-8-5-15-35-23/h3-10,15-16H,11-14,17H2,1-2H3,(H,27,32). The third-order valence-electron chi connectivity index (χ3n) is 6.34. The van der Waals surface area contributed by atoms with Gasteiger partial charge in [-0.15, -0.1) is 0 Å². The highest BCUT2D eigenvalue weighted by Gasteiger charge is 2.24. The quantitative estimate of drug-likeness (QED) is 0.462. The lowest BCUT2D eigenvalue weighted by Crippen LogP contribution is -2.48. The maximum absolute atomic E-state index is 12.8. The van der Waals surface area contributed by atoms with Crippen LogP contribution in [0.3, 0.4) is 0 Å². The average Bonchev–Trinajstić information content (AvgIpc) is 3.53. The number of carbonyl (C=O) groups excluding carboxylic acids is 2. The highest BCUT2D eigenvalue weighted by Crippen LogP contribution is 2.23. The number of anilines is 1. The zero-order chi connectivity index (χ0) is 24.4. The second-order valence-electron chi connectivity index (χ2n) is 8.49. The molecule has 0 bridgehead atoms. The number of nitrogens with zero attached hydrogens (tertiary/aromatic N) is 4. The van der Waals surface area contributed by atoms with Gasteiger partial charge in [0.05, 0.1) is 36.5 Å². The number of furan rings is 1. The molecule has 3 heterocycles. The Kier molecular flexibility index (Phi) is 6.24. The molecule has 9 heteroatoms. The van der Waals surface area contributed by atoms with Crippen LogP contribution in [-0.4, -0.2) is 64.5 Å². The van der Waals surface area contributed by atoms with E-state index < -0.39 is 0 Å². The van der Waals surface area contributed by atoms with Gasteiger partial charge in [-0.1, -0.05) is 12.1 Å². The maximum Gasteiger partial charge on any atom is 0.289 e. The number of fused-ring (bicyclic) bond motifs is 1. The fraction of sp³-hybridized carbons (Fsp3) is 0.269. The molecule has 0 aliphatic carbocycles. The van der Waals surface area contributed by atoms with Crippen LogP contribution in [0.5, 0.6) is 5.75 Å². The molecule has 0 atom stereocenters. The Labute approximate surface area is 202 Å². The predicted octanol–water partition coefficient (Wildman–Crippen LogP) is 3.39. The van der Waals surface area contributed by atoms with Crippen LogP contribution in [0.25, 0.3) is 11.0 Å². The topological polar surface area (TPSA) is 92.8 Å². The Morgan fingerprint density at radius 2 is 1.86 bits per heavy atom. The van der Waals surface area contributed by atoms with Crippen molar-refractivity contribution in [3.8, 4) is 5.75 Å². The normalized spacial score (nSPS) is 14.3. The molecule has 1 aliphatic rings. The van der Waals surface area contributed by atoms with Crippen molar-refractivity contribution >= 4 is 28.5 Å². The summed E-state index contributed by atoms with van der Waals surface area (Å²) in [7, 11) is 3.54. The number of para-hydroxylation sites is 1. The van der Waals surface area contributed by atoms with Crippen LogP contribution < -0.4 is 10.1 Å². The SMILES string of the molecule is COc1ccccc1C(=O)Nc1ccc2c(c1)nc(CN1CCN(C(=O)c3ccco3)CC1)n2C. The smallest absolute Gasteiger partial charge is 0.289 e. The molecular formula is C26H27N5O4. The molecule has 1 N–H and O–H groups in total. The van der Waals surface area contributed by atoms with Crippen molar-refractivity contribution in [2.75, 3.05) is 38.6 Å². The summed E-state index contributed by atoms with van der Waals surface area (Å²) >= 11 is 0. The van der Waals surface area contributed by atoms with Crippen molar-refractivity contribution in [1.29, 1.82) is 0 Å². The number of amides is 2. The summed E-state index contributed by atoms with van der Waals surface area (Å²) in [5.41, 5.74) is 2.94. The van der Waals surface area contributed by atoms with Crippen LogP contribution in [0, 0.1) is 0 Å². The molecule has 180 valence electrons. The Morgan fingerprint density at radius 1 is 1.06 bits per heavy atom. The van der Waals surface area contributed by atoms with Gasteiger partial charge in [0.2, 0.25) is 0 Å². The van der Waals surface area contributed by atoms with E-state index in [0.717, 1.165) is 29.9 Å². The van der Waals surface area contributed by atoms with E-state index in [4.69, 9.17) is 14.1 Å². The molecule has 5 rings (SSSR count). The van der Waals surface area contributed by atoms with Crippen molar-refractivity contribution in [2.24, 2.45) is 7.05 Å². The first-order valence-electron chi connectivity index (χ1n) is 11.5. The van der Waals surface area contributed by atoms with Gasteiger partial charge in [-0.2, -0.15) is 0 Å². The summed E-state index contributed by atoms with van der Waals surface area (Å²) in [5, 5.41) is 2.94. The summed E-state index contributed by atoms with van der Waals surface area (Å²) in [4.78, 5) is 34.2. The number of benzene rings is 2. The number of piperazine rings is 1. The van der Waals surface area contributed by atoms with Crippen LogP contribution >= 0.6 is 0 Å². The summed E-state index contributed by atoms with van der Waals surface area (Å²) in [5.74, 6) is 1.53. The Morgan fingerprint density at radius 3 is 2.60 bits per heavy atom. The molecule has 4 aromatic rings. The van der Waals surface area contributed by atoms with Crippen LogP contribution in [-0.2, 0) is 13.6 Å². The minimum atomic E-state index is -0.236. The monoisotopic (exact) mass is 473 g/mol. The second-order valence-corrected chi connectivity index (χ2v) is 8.49. The molecule has 0 radical (unpaired) electrons. The van der Waals surface area contributed by atoms with E-state index >= 15 is 0 Å². The number of carbonyl (C=O) groups is 2. The van der Waals surface area contributed by atoms with Crippen molar-refractivity contribution in [2.45, 2.75) is 6.54 Å². The Balaban J connectivity index is 1.25. The lowest BCUT2D eigenvalue weighted by atomic mass is 10.2. The first-order valence-corrected chi connectivity index (χ1v) is 11.5. The molecular weight excluding hydrogens is 446 g/mol. The van der Waals surface area contributed by atoms with Gasteiger partial charge in [0.1, 0.15) is 11.6 Å². The van der Waals surface area contributed by atoms with Crippen LogP contribution in [0.1, 0.15) is 26.7 Å². The summed E-state index contributed by atoms with van der Waals surface area (Å²) < 4.78 is 12.6. The van der Waals surface area contributed by atoms with E-state index in [2.05, 4.69) is 14.8 Å². The van der Waals surface area contributed by atoms with Gasteiger partial charge in [0, 0.05) is 38.9 Å². The minimum Gasteiger partial charge on any atom is -0.496 e. The van der Waals surface area contributed by atoms with Crippen LogP contribution in [0.4, 0.5) is 5.69 Å². The van der Waals surface area contributed by atoms with Gasteiger partial charge < -0.3 is 23.9 Å². The number of aromatic nitrogens is 2. The van der Waals surface area contributed by atoms with Crippen LogP contribution in [0.2, 0.25) is 0 Å². The zero-order valence-corrected chi connectivity index (χ0v) is 19.7. The first kappa shape index (κ1) is 22.7. The molecule has 1 aliphatic heterocycles. The third kappa shape index (κ3) is 4.63. The largest absolute Gasteiger partial charge is 0.496 e. The molecule has 2 aromatic heterocycles. The number of methoxy groups -OCH3 is 1. The fourth-order valence-electron chi connectivity index (χ4n) is 4.36. The molecule has 1 saturated heterocycles. The molecule has 35 heavy (non-hydrogen) atoms. The number of hydrogen-bond donors (Lipinski definition) is 1. The molecule has 1 fully saturated rings. The van der Waals surface area contributed by atoms with E-state index in [1.165, 1.54) is 6.26 Å². The van der Waals surface area contributed by atoms with E-state index in [-0.39, 0.29) is 11.8 Å². The number of ether oxygens (including phenoxy) is 1. The molecule has 9 nitrogen and oxygen atoms in total. The zero-order valence-electron chi connectivity index (χ0n) is 19.7. The van der Waals surface area contributed by atoms with Crippen molar-refractivity contribution in [1.82, 2.24) is 19.4 Å². The van der Waals surface area contributed by atoms with Gasteiger partial charge in [-0.3, -0.25) is 14.5 Å². The third-order valence-corrected chi connectivity index (χ3v) is 6.34.